The highest BCUT2D eigenvalue weighted by molar-refractivity contribution is 14.0. The summed E-state index contributed by atoms with van der Waals surface area (Å²) < 4.78 is 22.7. The molecule has 0 fully saturated rings. The number of aryl methyl sites for hydroxylation is 1. The molecule has 1 rings (SSSR count). The van der Waals surface area contributed by atoms with Crippen LogP contribution in [0.4, 0.5) is 0 Å². The van der Waals surface area contributed by atoms with E-state index >= 15 is 0 Å². The second-order valence-electron chi connectivity index (χ2n) is 7.26. The van der Waals surface area contributed by atoms with E-state index in [-0.39, 0.29) is 41.8 Å². The fourth-order valence-corrected chi connectivity index (χ4v) is 3.52. The molecular weight excluding hydrogens is 487 g/mol. The predicted molar refractivity (Wildman–Crippen MR) is 131 cm³/mol. The van der Waals surface area contributed by atoms with E-state index in [0.717, 1.165) is 18.9 Å². The molecule has 8 heteroatoms. The van der Waals surface area contributed by atoms with Crippen molar-refractivity contribution in [1.29, 1.82) is 0 Å². The Balaban J connectivity index is 0.00000729. The molecular formula is C20H37IN4O2S. The molecule has 6 nitrogen and oxygen atoms in total. The van der Waals surface area contributed by atoms with E-state index in [1.54, 1.807) is 0 Å². The van der Waals surface area contributed by atoms with Crippen LogP contribution >= 0.6 is 24.0 Å². The molecule has 28 heavy (non-hydrogen) atoms. The molecule has 1 aromatic carbocycles. The third kappa shape index (κ3) is 10.6. The Hall–Kier alpha value is -0.870. The maximum absolute atomic E-state index is 11.4. The minimum absolute atomic E-state index is 0. The number of hydrogen-bond acceptors (Lipinski definition) is 4. The number of halogens is 1. The van der Waals surface area contributed by atoms with Gasteiger partial charge in [0.15, 0.2) is 5.96 Å². The van der Waals surface area contributed by atoms with Crippen LogP contribution in [0.2, 0.25) is 0 Å². The summed E-state index contributed by atoms with van der Waals surface area (Å²) >= 11 is 0. The van der Waals surface area contributed by atoms with Gasteiger partial charge in [-0.25, -0.2) is 8.42 Å². The Morgan fingerprint density at radius 2 is 1.79 bits per heavy atom. The highest BCUT2D eigenvalue weighted by atomic mass is 127. The summed E-state index contributed by atoms with van der Waals surface area (Å²) in [4.78, 5) is 6.91. The number of rotatable bonds is 10. The number of nitrogens with one attached hydrogen (secondary N) is 2. The number of likely N-dealkylation sites (N-methyl/N-ethyl adjacent to an activating group) is 1. The molecule has 2 N–H and O–H groups in total. The molecule has 2 atom stereocenters. The van der Waals surface area contributed by atoms with E-state index < -0.39 is 9.84 Å². The number of guanidine groups is 1. The quantitative estimate of drug-likeness (QED) is 0.280. The Morgan fingerprint density at radius 3 is 2.25 bits per heavy atom. The molecule has 162 valence electrons. The summed E-state index contributed by atoms with van der Waals surface area (Å²) in [5.74, 6) is 0.889. The zero-order valence-corrected chi connectivity index (χ0v) is 21.2. The molecule has 0 bridgehead atoms. The van der Waals surface area contributed by atoms with Crippen LogP contribution in [0.3, 0.4) is 0 Å². The molecule has 0 heterocycles. The number of benzene rings is 1. The largest absolute Gasteiger partial charge is 0.357 e. The average molecular weight is 525 g/mol. The first kappa shape index (κ1) is 27.1. The maximum atomic E-state index is 11.4. The van der Waals surface area contributed by atoms with Crippen LogP contribution in [-0.4, -0.2) is 64.5 Å². The van der Waals surface area contributed by atoms with Gasteiger partial charge in [0.2, 0.25) is 0 Å². The Labute approximate surface area is 188 Å². The van der Waals surface area contributed by atoms with Crippen molar-refractivity contribution in [3.63, 3.8) is 0 Å². The fraction of sp³-hybridized carbons (Fsp3) is 0.650. The van der Waals surface area contributed by atoms with Crippen molar-refractivity contribution >= 4 is 39.8 Å². The first-order chi connectivity index (χ1) is 12.7. The van der Waals surface area contributed by atoms with Gasteiger partial charge in [-0.05, 0) is 51.9 Å². The minimum atomic E-state index is -2.95. The van der Waals surface area contributed by atoms with Crippen LogP contribution in [0, 0.1) is 0 Å². The van der Waals surface area contributed by atoms with E-state index in [4.69, 9.17) is 4.99 Å². The lowest BCUT2D eigenvalue weighted by atomic mass is 10.0. The van der Waals surface area contributed by atoms with Crippen LogP contribution in [0.1, 0.15) is 44.4 Å². The van der Waals surface area contributed by atoms with Crippen molar-refractivity contribution in [3.8, 4) is 0 Å². The fourth-order valence-electron chi connectivity index (χ4n) is 2.74. The van der Waals surface area contributed by atoms with Gasteiger partial charge in [0, 0.05) is 18.8 Å². The summed E-state index contributed by atoms with van der Waals surface area (Å²) in [6.07, 6.45) is 2.86. The van der Waals surface area contributed by atoms with E-state index in [0.29, 0.717) is 13.0 Å². The zero-order chi connectivity index (χ0) is 20.4. The number of sulfone groups is 1. The predicted octanol–water partition coefficient (Wildman–Crippen LogP) is 2.85. The third-order valence-electron chi connectivity index (χ3n) is 4.47. The lowest BCUT2D eigenvalue weighted by molar-refractivity contribution is 0.306. The molecule has 0 spiro atoms. The lowest BCUT2D eigenvalue weighted by Gasteiger charge is -2.24. The van der Waals surface area contributed by atoms with Crippen LogP contribution in [-0.2, 0) is 16.3 Å². The van der Waals surface area contributed by atoms with E-state index in [9.17, 15) is 8.42 Å². The minimum Gasteiger partial charge on any atom is -0.357 e. The molecule has 0 aliphatic carbocycles. The van der Waals surface area contributed by atoms with Crippen LogP contribution in [0.5, 0.6) is 0 Å². The van der Waals surface area contributed by atoms with Gasteiger partial charge in [-0.15, -0.1) is 24.0 Å². The summed E-state index contributed by atoms with van der Waals surface area (Å²) in [6.45, 7) is 7.52. The molecule has 2 unspecified atom stereocenters. The average Bonchev–Trinajstić information content (AvgIpc) is 2.60. The summed E-state index contributed by atoms with van der Waals surface area (Å²) in [5, 5.41) is 6.56. The summed E-state index contributed by atoms with van der Waals surface area (Å²) in [7, 11) is 1.16. The van der Waals surface area contributed by atoms with Gasteiger partial charge < -0.3 is 15.5 Å². The van der Waals surface area contributed by atoms with Gasteiger partial charge in [-0.1, -0.05) is 31.2 Å². The van der Waals surface area contributed by atoms with Gasteiger partial charge >= 0.3 is 0 Å². The molecule has 0 aromatic heterocycles. The van der Waals surface area contributed by atoms with Gasteiger partial charge in [0.05, 0.1) is 18.3 Å². The van der Waals surface area contributed by atoms with E-state index in [1.807, 2.05) is 13.8 Å². The van der Waals surface area contributed by atoms with Crippen molar-refractivity contribution in [2.75, 3.05) is 39.2 Å². The van der Waals surface area contributed by atoms with Crippen LogP contribution < -0.4 is 10.6 Å². The van der Waals surface area contributed by atoms with Crippen LogP contribution in [0.15, 0.2) is 29.3 Å². The lowest BCUT2D eigenvalue weighted by Crippen LogP contribution is -2.43. The number of aliphatic imine (C=N–C) groups is 1. The first-order valence-electron chi connectivity index (χ1n) is 9.64. The molecule has 0 saturated heterocycles. The second kappa shape index (κ2) is 13.4. The standard InChI is InChI=1S/C20H36N4O2S.HI/c1-7-17-9-11-18(12-10-17)19(24(4)5)15-22-20(21-8-2)23-16(3)13-14-27(6,25)26;/h9-12,16,19H,7-8,13-15H2,1-6H3,(H2,21,22,23);1H. The molecule has 1 aromatic rings. The van der Waals surface area contributed by atoms with E-state index in [2.05, 4.69) is 60.8 Å². The highest BCUT2D eigenvalue weighted by Crippen LogP contribution is 2.19. The Bertz CT molecular complexity index is 691. The highest BCUT2D eigenvalue weighted by Gasteiger charge is 2.15. The van der Waals surface area contributed by atoms with E-state index in [1.165, 1.54) is 17.4 Å². The monoisotopic (exact) mass is 524 g/mol. The molecule has 0 radical (unpaired) electrons. The van der Waals surface area contributed by atoms with Gasteiger partial charge in [-0.2, -0.15) is 0 Å². The topological polar surface area (TPSA) is 73.8 Å². The van der Waals surface area contributed by atoms with Crippen molar-refractivity contribution in [3.05, 3.63) is 35.4 Å². The molecule has 0 aliphatic heterocycles. The van der Waals surface area contributed by atoms with Gasteiger partial charge in [-0.3, -0.25) is 4.99 Å². The second-order valence-corrected chi connectivity index (χ2v) is 9.52. The molecule has 0 saturated carbocycles. The van der Waals surface area contributed by atoms with Gasteiger partial charge in [0.25, 0.3) is 0 Å². The number of hydrogen-bond donors (Lipinski definition) is 2. The molecule has 0 aliphatic rings. The SMILES string of the molecule is CCNC(=NCC(c1ccc(CC)cc1)N(C)C)NC(C)CCS(C)(=O)=O.I. The smallest absolute Gasteiger partial charge is 0.191 e. The summed E-state index contributed by atoms with van der Waals surface area (Å²) in [5.41, 5.74) is 2.57. The normalized spacial score (nSPS) is 14.3. The van der Waals surface area contributed by atoms with Crippen LogP contribution in [0.25, 0.3) is 0 Å². The van der Waals surface area contributed by atoms with Crippen molar-refractivity contribution < 1.29 is 8.42 Å². The summed E-state index contributed by atoms with van der Waals surface area (Å²) in [6, 6.07) is 8.90. The molecule has 0 amide bonds. The third-order valence-corrected chi connectivity index (χ3v) is 5.44. The van der Waals surface area contributed by atoms with Crippen molar-refractivity contribution in [1.82, 2.24) is 15.5 Å². The van der Waals surface area contributed by atoms with Gasteiger partial charge in [0.1, 0.15) is 9.84 Å². The van der Waals surface area contributed by atoms with Crippen molar-refractivity contribution in [2.45, 2.75) is 45.7 Å². The maximum Gasteiger partial charge on any atom is 0.191 e. The van der Waals surface area contributed by atoms with Crippen molar-refractivity contribution in [2.24, 2.45) is 4.99 Å². The number of nitrogens with zero attached hydrogens (tertiary/aromatic N) is 2. The Morgan fingerprint density at radius 1 is 1.18 bits per heavy atom. The Kier molecular flexibility index (Phi) is 13.0. The first-order valence-corrected chi connectivity index (χ1v) is 11.7. The zero-order valence-electron chi connectivity index (χ0n) is 18.0.